The predicted octanol–water partition coefficient (Wildman–Crippen LogP) is 1.58. The topological polar surface area (TPSA) is 53.6 Å². The monoisotopic (exact) mass is 283 g/mol. The zero-order valence-electron chi connectivity index (χ0n) is 13.2. The SMILES string of the molecule is CC1CN(C(=O)NC(C)C(C)C)CC2(CCNCC2)O1. The van der Waals surface area contributed by atoms with Gasteiger partial charge in [-0.2, -0.15) is 0 Å². The molecule has 0 saturated carbocycles. The van der Waals surface area contributed by atoms with Gasteiger partial charge < -0.3 is 20.3 Å². The van der Waals surface area contributed by atoms with E-state index in [-0.39, 0.29) is 23.8 Å². The second kappa shape index (κ2) is 6.31. The molecule has 0 aromatic rings. The molecule has 2 saturated heterocycles. The maximum atomic E-state index is 12.4. The van der Waals surface area contributed by atoms with Gasteiger partial charge in [0.2, 0.25) is 0 Å². The van der Waals surface area contributed by atoms with Crippen molar-refractivity contribution in [2.24, 2.45) is 5.92 Å². The summed E-state index contributed by atoms with van der Waals surface area (Å²) in [6, 6.07) is 0.254. The third-order valence-corrected chi connectivity index (χ3v) is 4.56. The Kier molecular flexibility index (Phi) is 4.91. The van der Waals surface area contributed by atoms with E-state index in [0.29, 0.717) is 12.5 Å². The Balaban J connectivity index is 1.98. The van der Waals surface area contributed by atoms with E-state index in [0.717, 1.165) is 32.5 Å². The van der Waals surface area contributed by atoms with Crippen LogP contribution in [-0.4, -0.2) is 54.9 Å². The van der Waals surface area contributed by atoms with Gasteiger partial charge in [0.25, 0.3) is 0 Å². The average Bonchev–Trinajstić information content (AvgIpc) is 2.38. The summed E-state index contributed by atoms with van der Waals surface area (Å²) in [7, 11) is 0. The smallest absolute Gasteiger partial charge is 0.317 e. The van der Waals surface area contributed by atoms with E-state index in [1.54, 1.807) is 0 Å². The van der Waals surface area contributed by atoms with E-state index in [4.69, 9.17) is 4.74 Å². The Bertz CT molecular complexity index is 340. The van der Waals surface area contributed by atoms with Crippen LogP contribution in [0.4, 0.5) is 4.79 Å². The highest BCUT2D eigenvalue weighted by Crippen LogP contribution is 2.30. The molecule has 0 radical (unpaired) electrons. The molecule has 2 rings (SSSR count). The quantitative estimate of drug-likeness (QED) is 0.809. The first-order valence-electron chi connectivity index (χ1n) is 7.86. The van der Waals surface area contributed by atoms with Crippen molar-refractivity contribution in [2.75, 3.05) is 26.2 Å². The molecule has 2 amide bonds. The highest BCUT2D eigenvalue weighted by atomic mass is 16.5. The Labute approximate surface area is 122 Å². The highest BCUT2D eigenvalue weighted by Gasteiger charge is 2.41. The fraction of sp³-hybridized carbons (Fsp3) is 0.933. The number of amides is 2. The largest absolute Gasteiger partial charge is 0.368 e. The average molecular weight is 283 g/mol. The van der Waals surface area contributed by atoms with Crippen LogP contribution in [-0.2, 0) is 4.74 Å². The van der Waals surface area contributed by atoms with Crippen molar-refractivity contribution in [2.45, 2.75) is 58.3 Å². The van der Waals surface area contributed by atoms with Crippen LogP contribution < -0.4 is 10.6 Å². The lowest BCUT2D eigenvalue weighted by atomic mass is 9.89. The second-order valence-corrected chi connectivity index (χ2v) is 6.72. The molecule has 5 nitrogen and oxygen atoms in total. The van der Waals surface area contributed by atoms with Crippen LogP contribution in [0.1, 0.15) is 40.5 Å². The Morgan fingerprint density at radius 2 is 2.00 bits per heavy atom. The number of urea groups is 1. The van der Waals surface area contributed by atoms with Gasteiger partial charge in [-0.3, -0.25) is 0 Å². The minimum Gasteiger partial charge on any atom is -0.368 e. The summed E-state index contributed by atoms with van der Waals surface area (Å²) in [4.78, 5) is 14.4. The van der Waals surface area contributed by atoms with Gasteiger partial charge in [-0.25, -0.2) is 4.79 Å². The van der Waals surface area contributed by atoms with Gasteiger partial charge >= 0.3 is 6.03 Å². The number of ether oxygens (including phenoxy) is 1. The van der Waals surface area contributed by atoms with E-state index < -0.39 is 0 Å². The number of rotatable bonds is 2. The maximum Gasteiger partial charge on any atom is 0.317 e. The summed E-state index contributed by atoms with van der Waals surface area (Å²) in [5.74, 6) is 0.449. The number of carbonyl (C=O) groups is 1. The molecular weight excluding hydrogens is 254 g/mol. The standard InChI is InChI=1S/C15H29N3O2/c1-11(2)13(4)17-14(19)18-9-12(3)20-15(10-18)5-7-16-8-6-15/h11-13,16H,5-10H2,1-4H3,(H,17,19). The Morgan fingerprint density at radius 3 is 2.60 bits per heavy atom. The lowest BCUT2D eigenvalue weighted by Crippen LogP contribution is -2.61. The number of hydrogen-bond donors (Lipinski definition) is 2. The first-order chi connectivity index (χ1) is 9.42. The molecule has 1 spiro atoms. The van der Waals surface area contributed by atoms with E-state index >= 15 is 0 Å². The summed E-state index contributed by atoms with van der Waals surface area (Å²) >= 11 is 0. The zero-order chi connectivity index (χ0) is 14.8. The van der Waals surface area contributed by atoms with Crippen molar-refractivity contribution < 1.29 is 9.53 Å². The molecule has 2 atom stereocenters. The Hall–Kier alpha value is -0.810. The molecule has 116 valence electrons. The van der Waals surface area contributed by atoms with Crippen LogP contribution in [0.5, 0.6) is 0 Å². The summed E-state index contributed by atoms with van der Waals surface area (Å²) in [6.45, 7) is 11.7. The first kappa shape index (κ1) is 15.6. The zero-order valence-corrected chi connectivity index (χ0v) is 13.2. The summed E-state index contributed by atoms with van der Waals surface area (Å²) in [6.07, 6.45) is 2.09. The fourth-order valence-corrected chi connectivity index (χ4v) is 2.99. The number of nitrogens with one attached hydrogen (secondary N) is 2. The normalized spacial score (nSPS) is 27.6. The van der Waals surface area contributed by atoms with E-state index in [1.165, 1.54) is 0 Å². The molecule has 2 N–H and O–H groups in total. The minimum absolute atomic E-state index is 0.0549. The van der Waals surface area contributed by atoms with Gasteiger partial charge in [-0.15, -0.1) is 0 Å². The molecule has 2 heterocycles. The lowest BCUT2D eigenvalue weighted by molar-refractivity contribution is -0.150. The molecule has 0 aromatic heterocycles. The van der Waals surface area contributed by atoms with Crippen LogP contribution in [0, 0.1) is 5.92 Å². The van der Waals surface area contributed by atoms with Gasteiger partial charge in [0.05, 0.1) is 18.2 Å². The number of piperidine rings is 1. The van der Waals surface area contributed by atoms with E-state index in [9.17, 15) is 4.79 Å². The van der Waals surface area contributed by atoms with Crippen LogP contribution in [0.15, 0.2) is 0 Å². The van der Waals surface area contributed by atoms with Gasteiger partial charge in [0.15, 0.2) is 0 Å². The summed E-state index contributed by atoms with van der Waals surface area (Å²) in [5.41, 5.74) is -0.138. The molecule has 5 heteroatoms. The molecule has 2 aliphatic heterocycles. The van der Waals surface area contributed by atoms with Gasteiger partial charge in [0, 0.05) is 12.6 Å². The molecule has 2 unspecified atom stereocenters. The molecule has 20 heavy (non-hydrogen) atoms. The molecule has 0 aromatic carbocycles. The lowest BCUT2D eigenvalue weighted by Gasteiger charge is -2.47. The predicted molar refractivity (Wildman–Crippen MR) is 79.8 cm³/mol. The van der Waals surface area contributed by atoms with Crippen molar-refractivity contribution in [3.8, 4) is 0 Å². The highest BCUT2D eigenvalue weighted by molar-refractivity contribution is 5.74. The molecule has 2 aliphatic rings. The van der Waals surface area contributed by atoms with Crippen molar-refractivity contribution in [1.29, 1.82) is 0 Å². The van der Waals surface area contributed by atoms with Crippen LogP contribution in [0.2, 0.25) is 0 Å². The van der Waals surface area contributed by atoms with E-state index in [1.807, 2.05) is 4.90 Å². The number of hydrogen-bond acceptors (Lipinski definition) is 3. The maximum absolute atomic E-state index is 12.4. The molecule has 0 aliphatic carbocycles. The molecule has 2 fully saturated rings. The second-order valence-electron chi connectivity index (χ2n) is 6.72. The van der Waals surface area contributed by atoms with Crippen LogP contribution in [0.25, 0.3) is 0 Å². The van der Waals surface area contributed by atoms with Gasteiger partial charge in [-0.05, 0) is 45.7 Å². The van der Waals surface area contributed by atoms with Crippen molar-refractivity contribution in [3.05, 3.63) is 0 Å². The third-order valence-electron chi connectivity index (χ3n) is 4.56. The number of morpholine rings is 1. The first-order valence-corrected chi connectivity index (χ1v) is 7.86. The van der Waals surface area contributed by atoms with Crippen molar-refractivity contribution >= 4 is 6.03 Å². The third kappa shape index (κ3) is 3.64. The molecular formula is C15H29N3O2. The van der Waals surface area contributed by atoms with E-state index in [2.05, 4.69) is 38.3 Å². The number of carbonyl (C=O) groups excluding carboxylic acids is 1. The summed E-state index contributed by atoms with van der Waals surface area (Å²) < 4.78 is 6.19. The van der Waals surface area contributed by atoms with Crippen molar-refractivity contribution in [3.63, 3.8) is 0 Å². The van der Waals surface area contributed by atoms with Gasteiger partial charge in [0.1, 0.15) is 0 Å². The van der Waals surface area contributed by atoms with Crippen LogP contribution in [0.3, 0.4) is 0 Å². The molecule has 0 bridgehead atoms. The number of nitrogens with zero attached hydrogens (tertiary/aromatic N) is 1. The summed E-state index contributed by atoms with van der Waals surface area (Å²) in [5, 5.41) is 6.47. The Morgan fingerprint density at radius 1 is 1.35 bits per heavy atom. The van der Waals surface area contributed by atoms with Crippen LogP contribution >= 0.6 is 0 Å². The van der Waals surface area contributed by atoms with Gasteiger partial charge in [-0.1, -0.05) is 13.8 Å². The fourth-order valence-electron chi connectivity index (χ4n) is 2.99. The minimum atomic E-state index is -0.138. The van der Waals surface area contributed by atoms with Crippen molar-refractivity contribution in [1.82, 2.24) is 15.5 Å².